The van der Waals surface area contributed by atoms with Crippen molar-refractivity contribution in [1.82, 2.24) is 9.88 Å². The van der Waals surface area contributed by atoms with Gasteiger partial charge in [-0.05, 0) is 35.6 Å². The van der Waals surface area contributed by atoms with E-state index >= 15 is 0 Å². The van der Waals surface area contributed by atoms with E-state index < -0.39 is 0 Å². The number of hydrogen-bond donors (Lipinski definition) is 0. The quantitative estimate of drug-likeness (QED) is 0.725. The standard InChI is InChI=1S/C15H12N2O2S2/c18-15(17-5-3-13-10(8-17)4-7-20-13)11-9-21-14(16-11)12-2-1-6-19-12/h1-2,4,6-7,9H,3,5,8H2. The number of thiophene rings is 1. The molecule has 3 aromatic heterocycles. The highest BCUT2D eigenvalue weighted by Crippen LogP contribution is 2.27. The van der Waals surface area contributed by atoms with Gasteiger partial charge in [0.25, 0.3) is 5.91 Å². The van der Waals surface area contributed by atoms with Crippen LogP contribution >= 0.6 is 22.7 Å². The second-order valence-electron chi connectivity index (χ2n) is 4.86. The molecule has 4 rings (SSSR count). The predicted molar refractivity (Wildman–Crippen MR) is 82.6 cm³/mol. The third kappa shape index (κ3) is 2.30. The summed E-state index contributed by atoms with van der Waals surface area (Å²) in [6.07, 6.45) is 2.55. The Morgan fingerprint density at radius 1 is 1.33 bits per heavy atom. The third-order valence-corrected chi connectivity index (χ3v) is 5.43. The topological polar surface area (TPSA) is 46.3 Å². The summed E-state index contributed by atoms with van der Waals surface area (Å²) in [6.45, 7) is 1.45. The molecule has 0 N–H and O–H groups in total. The van der Waals surface area contributed by atoms with E-state index in [-0.39, 0.29) is 5.91 Å². The first kappa shape index (κ1) is 12.8. The number of fused-ring (bicyclic) bond motifs is 1. The number of rotatable bonds is 2. The summed E-state index contributed by atoms with van der Waals surface area (Å²) in [5, 5.41) is 4.65. The molecule has 0 bridgehead atoms. The number of furan rings is 1. The Morgan fingerprint density at radius 2 is 2.29 bits per heavy atom. The lowest BCUT2D eigenvalue weighted by Crippen LogP contribution is -2.35. The molecule has 0 aliphatic carbocycles. The van der Waals surface area contributed by atoms with Crippen molar-refractivity contribution in [2.24, 2.45) is 0 Å². The fourth-order valence-corrected chi connectivity index (χ4v) is 4.12. The smallest absolute Gasteiger partial charge is 0.273 e. The largest absolute Gasteiger partial charge is 0.462 e. The maximum Gasteiger partial charge on any atom is 0.273 e. The molecule has 4 nitrogen and oxygen atoms in total. The van der Waals surface area contributed by atoms with E-state index in [9.17, 15) is 4.79 Å². The second-order valence-corrected chi connectivity index (χ2v) is 6.72. The Morgan fingerprint density at radius 3 is 3.14 bits per heavy atom. The molecule has 106 valence electrons. The van der Waals surface area contributed by atoms with Crippen LogP contribution in [0.25, 0.3) is 10.8 Å². The summed E-state index contributed by atoms with van der Waals surface area (Å²) in [4.78, 5) is 20.2. The Labute approximate surface area is 129 Å². The van der Waals surface area contributed by atoms with Gasteiger partial charge >= 0.3 is 0 Å². The molecule has 1 amide bonds. The van der Waals surface area contributed by atoms with E-state index in [0.29, 0.717) is 18.0 Å². The average Bonchev–Trinajstić information content (AvgIpc) is 3.24. The van der Waals surface area contributed by atoms with Gasteiger partial charge in [0, 0.05) is 23.3 Å². The first-order chi connectivity index (χ1) is 10.3. The Bertz CT molecular complexity index is 773. The average molecular weight is 316 g/mol. The third-order valence-electron chi connectivity index (χ3n) is 3.55. The first-order valence-corrected chi connectivity index (χ1v) is 8.41. The maximum atomic E-state index is 12.6. The summed E-state index contributed by atoms with van der Waals surface area (Å²) in [5.41, 5.74) is 1.77. The molecule has 1 aliphatic heterocycles. The molecule has 1 aliphatic rings. The number of aromatic nitrogens is 1. The molecule has 3 aromatic rings. The van der Waals surface area contributed by atoms with E-state index in [0.717, 1.165) is 18.0 Å². The number of amides is 1. The van der Waals surface area contributed by atoms with Gasteiger partial charge in [-0.3, -0.25) is 4.79 Å². The molecule has 0 spiro atoms. The first-order valence-electron chi connectivity index (χ1n) is 6.65. The molecule has 0 fully saturated rings. The summed E-state index contributed by atoms with van der Waals surface area (Å²) in [7, 11) is 0. The van der Waals surface area contributed by atoms with Crippen LogP contribution in [0.4, 0.5) is 0 Å². The summed E-state index contributed by atoms with van der Waals surface area (Å²) >= 11 is 3.21. The summed E-state index contributed by atoms with van der Waals surface area (Å²) < 4.78 is 5.32. The van der Waals surface area contributed by atoms with Crippen molar-refractivity contribution >= 4 is 28.6 Å². The van der Waals surface area contributed by atoms with Gasteiger partial charge in [0.05, 0.1) is 6.26 Å². The lowest BCUT2D eigenvalue weighted by molar-refractivity contribution is 0.0731. The molecule has 0 atom stereocenters. The monoisotopic (exact) mass is 316 g/mol. The van der Waals surface area contributed by atoms with Crippen LogP contribution in [-0.4, -0.2) is 22.3 Å². The molecule has 0 saturated heterocycles. The van der Waals surface area contributed by atoms with Crippen LogP contribution in [0.3, 0.4) is 0 Å². The Kier molecular flexibility index (Phi) is 3.12. The SMILES string of the molecule is O=C(c1csc(-c2ccco2)n1)N1CCc2sccc2C1. The lowest BCUT2D eigenvalue weighted by Gasteiger charge is -2.26. The van der Waals surface area contributed by atoms with E-state index in [1.54, 1.807) is 17.6 Å². The molecule has 6 heteroatoms. The van der Waals surface area contributed by atoms with Gasteiger partial charge in [0.2, 0.25) is 0 Å². The van der Waals surface area contributed by atoms with Crippen LogP contribution in [0, 0.1) is 0 Å². The summed E-state index contributed by atoms with van der Waals surface area (Å²) in [5.74, 6) is 0.707. The zero-order chi connectivity index (χ0) is 14.2. The van der Waals surface area contributed by atoms with E-state index in [4.69, 9.17) is 4.42 Å². The minimum Gasteiger partial charge on any atom is -0.462 e. The van der Waals surface area contributed by atoms with Gasteiger partial charge < -0.3 is 9.32 Å². The summed E-state index contributed by atoms with van der Waals surface area (Å²) in [6, 6.07) is 5.78. The number of nitrogens with zero attached hydrogens (tertiary/aromatic N) is 2. The van der Waals surface area contributed by atoms with Gasteiger partial charge in [0.15, 0.2) is 10.8 Å². The zero-order valence-corrected chi connectivity index (χ0v) is 12.7. The van der Waals surface area contributed by atoms with Crippen molar-refractivity contribution in [1.29, 1.82) is 0 Å². The number of carbonyl (C=O) groups is 1. The van der Waals surface area contributed by atoms with Crippen LogP contribution in [0.2, 0.25) is 0 Å². The van der Waals surface area contributed by atoms with Crippen LogP contribution in [0.5, 0.6) is 0 Å². The number of carbonyl (C=O) groups excluding carboxylic acids is 1. The minimum atomic E-state index is 0.000839. The van der Waals surface area contributed by atoms with Crippen molar-refractivity contribution in [3.63, 3.8) is 0 Å². The molecular weight excluding hydrogens is 304 g/mol. The Hall–Kier alpha value is -1.92. The Balaban J connectivity index is 1.56. The second kappa shape index (κ2) is 5.13. The van der Waals surface area contributed by atoms with Crippen molar-refractivity contribution in [2.75, 3.05) is 6.54 Å². The zero-order valence-electron chi connectivity index (χ0n) is 11.1. The highest BCUT2D eigenvalue weighted by Gasteiger charge is 2.24. The highest BCUT2D eigenvalue weighted by atomic mass is 32.1. The van der Waals surface area contributed by atoms with Gasteiger partial charge in [0.1, 0.15) is 5.69 Å². The van der Waals surface area contributed by atoms with E-state index in [2.05, 4.69) is 16.4 Å². The number of hydrogen-bond acceptors (Lipinski definition) is 5. The van der Waals surface area contributed by atoms with E-state index in [1.807, 2.05) is 22.4 Å². The van der Waals surface area contributed by atoms with Crippen LogP contribution in [-0.2, 0) is 13.0 Å². The molecule has 0 aromatic carbocycles. The van der Waals surface area contributed by atoms with Crippen molar-refractivity contribution in [2.45, 2.75) is 13.0 Å². The fraction of sp³-hybridized carbons (Fsp3) is 0.200. The molecule has 4 heterocycles. The predicted octanol–water partition coefficient (Wildman–Crippen LogP) is 3.66. The maximum absolute atomic E-state index is 12.6. The molecule has 0 unspecified atom stereocenters. The van der Waals surface area contributed by atoms with Crippen LogP contribution < -0.4 is 0 Å². The lowest BCUT2D eigenvalue weighted by atomic mass is 10.1. The van der Waals surface area contributed by atoms with Gasteiger partial charge in [-0.25, -0.2) is 4.98 Å². The van der Waals surface area contributed by atoms with E-state index in [1.165, 1.54) is 21.8 Å². The molecule has 21 heavy (non-hydrogen) atoms. The minimum absolute atomic E-state index is 0.000839. The van der Waals surface area contributed by atoms with Crippen LogP contribution in [0.15, 0.2) is 39.6 Å². The molecule has 0 saturated carbocycles. The van der Waals surface area contributed by atoms with Gasteiger partial charge in [-0.2, -0.15) is 0 Å². The van der Waals surface area contributed by atoms with Gasteiger partial charge in [-0.15, -0.1) is 22.7 Å². The highest BCUT2D eigenvalue weighted by molar-refractivity contribution is 7.13. The van der Waals surface area contributed by atoms with Gasteiger partial charge in [-0.1, -0.05) is 0 Å². The fourth-order valence-electron chi connectivity index (χ4n) is 2.47. The normalized spacial score (nSPS) is 14.2. The molecule has 0 radical (unpaired) electrons. The van der Waals surface area contributed by atoms with Crippen LogP contribution in [0.1, 0.15) is 20.9 Å². The van der Waals surface area contributed by atoms with Crippen molar-refractivity contribution < 1.29 is 9.21 Å². The number of thiazole rings is 1. The van der Waals surface area contributed by atoms with Crippen molar-refractivity contribution in [3.05, 3.63) is 51.4 Å². The van der Waals surface area contributed by atoms with Crippen molar-refractivity contribution in [3.8, 4) is 10.8 Å². The molecular formula is C15H12N2O2S2.